The normalized spacial score (nSPS) is 9.58. The van der Waals surface area contributed by atoms with Crippen LogP contribution in [0.2, 0.25) is 0 Å². The third-order valence-electron chi connectivity index (χ3n) is 1.47. The molecule has 0 aliphatic carbocycles. The lowest BCUT2D eigenvalue weighted by Gasteiger charge is -2.03. The Morgan fingerprint density at radius 1 is 1.17 bits per heavy atom. The second kappa shape index (κ2) is 2.48. The van der Waals surface area contributed by atoms with Gasteiger partial charge in [0.25, 0.3) is 5.43 Å². The van der Waals surface area contributed by atoms with Crippen LogP contribution in [-0.4, -0.2) is 5.11 Å². The van der Waals surface area contributed by atoms with Crippen molar-refractivity contribution < 1.29 is 5.11 Å². The summed E-state index contributed by atoms with van der Waals surface area (Å²) in [5.41, 5.74) is -2.36. The zero-order chi connectivity index (χ0) is 9.30. The standard InChI is InChI=1S/C7H2N2O3/c8-1-3(2-9)4-5(10)7(12)6(4)11/h3,10H. The van der Waals surface area contributed by atoms with Gasteiger partial charge in [-0.1, -0.05) is 0 Å². The van der Waals surface area contributed by atoms with E-state index in [4.69, 9.17) is 15.6 Å². The predicted octanol–water partition coefficient (Wildman–Crippen LogP) is -0.881. The van der Waals surface area contributed by atoms with E-state index in [-0.39, 0.29) is 5.56 Å². The lowest BCUT2D eigenvalue weighted by atomic mass is 9.97. The molecular weight excluding hydrogens is 160 g/mol. The highest BCUT2D eigenvalue weighted by Gasteiger charge is 2.27. The molecule has 0 atom stereocenters. The van der Waals surface area contributed by atoms with Crippen molar-refractivity contribution in [2.24, 2.45) is 0 Å². The summed E-state index contributed by atoms with van der Waals surface area (Å²) in [5.74, 6) is -2.09. The summed E-state index contributed by atoms with van der Waals surface area (Å²) in [5, 5.41) is 25.4. The molecule has 12 heavy (non-hydrogen) atoms. The highest BCUT2D eigenvalue weighted by molar-refractivity contribution is 5.46. The topological polar surface area (TPSA) is 102 Å². The van der Waals surface area contributed by atoms with Crippen LogP contribution < -0.4 is 10.9 Å². The van der Waals surface area contributed by atoms with E-state index in [1.807, 2.05) is 0 Å². The SMILES string of the molecule is N#CC(C#N)c1c(O)c(=O)c1=O. The first kappa shape index (κ1) is 7.96. The number of nitrogens with zero attached hydrogens (tertiary/aromatic N) is 2. The van der Waals surface area contributed by atoms with Gasteiger partial charge < -0.3 is 5.11 Å². The van der Waals surface area contributed by atoms with Gasteiger partial charge >= 0.3 is 0 Å². The summed E-state index contributed by atoms with van der Waals surface area (Å²) in [6.45, 7) is 0. The molecule has 0 aromatic heterocycles. The van der Waals surface area contributed by atoms with Gasteiger partial charge in [0.1, 0.15) is 0 Å². The molecule has 0 bridgehead atoms. The van der Waals surface area contributed by atoms with Gasteiger partial charge in [-0.3, -0.25) is 9.59 Å². The number of hydrogen-bond acceptors (Lipinski definition) is 5. The molecular formula is C7H2N2O3. The summed E-state index contributed by atoms with van der Waals surface area (Å²) in [7, 11) is 0. The van der Waals surface area contributed by atoms with Crippen LogP contribution in [-0.2, 0) is 0 Å². The largest absolute Gasteiger partial charge is 0.504 e. The molecule has 1 N–H and O–H groups in total. The van der Waals surface area contributed by atoms with Crippen LogP contribution in [0.5, 0.6) is 5.75 Å². The van der Waals surface area contributed by atoms with Crippen molar-refractivity contribution in [2.45, 2.75) is 5.92 Å². The van der Waals surface area contributed by atoms with Crippen LogP contribution >= 0.6 is 0 Å². The molecule has 0 fully saturated rings. The fourth-order valence-corrected chi connectivity index (χ4v) is 0.823. The number of hydrogen-bond donors (Lipinski definition) is 1. The minimum absolute atomic E-state index is 0.384. The number of aromatic hydroxyl groups is 1. The van der Waals surface area contributed by atoms with Crippen molar-refractivity contribution in [3.63, 3.8) is 0 Å². The van der Waals surface area contributed by atoms with Gasteiger partial charge in [-0.2, -0.15) is 10.5 Å². The molecule has 0 aliphatic rings. The molecule has 0 heterocycles. The van der Waals surface area contributed by atoms with Crippen LogP contribution in [0.4, 0.5) is 0 Å². The maximum atomic E-state index is 10.7. The van der Waals surface area contributed by atoms with E-state index in [2.05, 4.69) is 0 Å². The molecule has 58 valence electrons. The Hall–Kier alpha value is -2.14. The fraction of sp³-hybridized carbons (Fsp3) is 0.143. The van der Waals surface area contributed by atoms with E-state index in [1.54, 1.807) is 0 Å². The van der Waals surface area contributed by atoms with E-state index in [0.717, 1.165) is 0 Å². The smallest absolute Gasteiger partial charge is 0.268 e. The number of nitriles is 2. The molecule has 0 radical (unpaired) electrons. The fourth-order valence-electron chi connectivity index (χ4n) is 0.823. The lowest BCUT2D eigenvalue weighted by Crippen LogP contribution is -2.35. The van der Waals surface area contributed by atoms with E-state index < -0.39 is 22.5 Å². The average Bonchev–Trinajstić information content (AvgIpc) is 2.12. The van der Waals surface area contributed by atoms with E-state index in [0.29, 0.717) is 0 Å². The van der Waals surface area contributed by atoms with E-state index in [1.165, 1.54) is 12.1 Å². The third kappa shape index (κ3) is 0.774. The molecule has 1 aromatic carbocycles. The molecule has 0 saturated carbocycles. The van der Waals surface area contributed by atoms with Gasteiger partial charge in [-0.25, -0.2) is 0 Å². The van der Waals surface area contributed by atoms with Gasteiger partial charge in [0.15, 0.2) is 11.7 Å². The summed E-state index contributed by atoms with van der Waals surface area (Å²) in [6, 6.07) is 2.97. The summed E-state index contributed by atoms with van der Waals surface area (Å²) in [4.78, 5) is 21.1. The molecule has 1 aromatic rings. The monoisotopic (exact) mass is 162 g/mol. The molecule has 5 heteroatoms. The Morgan fingerprint density at radius 2 is 1.67 bits per heavy atom. The molecule has 5 nitrogen and oxygen atoms in total. The molecule has 1 rings (SSSR count). The predicted molar refractivity (Wildman–Crippen MR) is 37.0 cm³/mol. The highest BCUT2D eigenvalue weighted by Crippen LogP contribution is 2.18. The van der Waals surface area contributed by atoms with Crippen molar-refractivity contribution in [3.8, 4) is 17.9 Å². The Bertz CT molecular complexity index is 454. The first-order valence-electron chi connectivity index (χ1n) is 2.95. The summed E-state index contributed by atoms with van der Waals surface area (Å²) < 4.78 is 0. The molecule has 0 spiro atoms. The quantitative estimate of drug-likeness (QED) is 0.540. The van der Waals surface area contributed by atoms with Gasteiger partial charge in [0, 0.05) is 0 Å². The number of rotatable bonds is 1. The summed E-state index contributed by atoms with van der Waals surface area (Å²) in [6.07, 6.45) is 0. The highest BCUT2D eigenvalue weighted by atomic mass is 16.3. The minimum Gasteiger partial charge on any atom is -0.504 e. The van der Waals surface area contributed by atoms with Crippen LogP contribution in [0, 0.1) is 22.7 Å². The molecule has 0 amide bonds. The van der Waals surface area contributed by atoms with Gasteiger partial charge in [0.05, 0.1) is 17.7 Å². The van der Waals surface area contributed by atoms with Gasteiger partial charge in [-0.15, -0.1) is 0 Å². The Kier molecular flexibility index (Phi) is 1.64. The zero-order valence-electron chi connectivity index (χ0n) is 5.74. The van der Waals surface area contributed by atoms with Crippen molar-refractivity contribution in [1.29, 1.82) is 10.5 Å². The third-order valence-corrected chi connectivity index (χ3v) is 1.47. The minimum atomic E-state index is -1.34. The first-order chi connectivity index (χ1) is 5.63. The maximum absolute atomic E-state index is 10.7. The Morgan fingerprint density at radius 3 is 2.00 bits per heavy atom. The molecule has 0 unspecified atom stereocenters. The van der Waals surface area contributed by atoms with Crippen LogP contribution in [0.15, 0.2) is 9.59 Å². The van der Waals surface area contributed by atoms with E-state index >= 15 is 0 Å². The van der Waals surface area contributed by atoms with Gasteiger partial charge in [-0.05, 0) is 0 Å². The van der Waals surface area contributed by atoms with Gasteiger partial charge in [0.2, 0.25) is 5.43 Å². The van der Waals surface area contributed by atoms with E-state index in [9.17, 15) is 9.59 Å². The zero-order valence-corrected chi connectivity index (χ0v) is 5.74. The van der Waals surface area contributed by atoms with Crippen molar-refractivity contribution in [1.82, 2.24) is 0 Å². The second-order valence-electron chi connectivity index (χ2n) is 2.11. The average molecular weight is 162 g/mol. The van der Waals surface area contributed by atoms with Crippen LogP contribution in [0.25, 0.3) is 0 Å². The van der Waals surface area contributed by atoms with Crippen molar-refractivity contribution in [2.75, 3.05) is 0 Å². The van der Waals surface area contributed by atoms with Crippen molar-refractivity contribution in [3.05, 3.63) is 26.0 Å². The Labute approximate surface area is 66.4 Å². The van der Waals surface area contributed by atoms with Crippen LogP contribution in [0.3, 0.4) is 0 Å². The molecule has 0 saturated heterocycles. The summed E-state index contributed by atoms with van der Waals surface area (Å²) >= 11 is 0. The Balaban J connectivity index is 3.28. The van der Waals surface area contributed by atoms with Crippen LogP contribution in [0.1, 0.15) is 11.5 Å². The second-order valence-corrected chi connectivity index (χ2v) is 2.11. The lowest BCUT2D eigenvalue weighted by molar-refractivity contribution is 0.454. The maximum Gasteiger partial charge on any atom is 0.268 e. The first-order valence-corrected chi connectivity index (χ1v) is 2.95. The van der Waals surface area contributed by atoms with Crippen molar-refractivity contribution >= 4 is 0 Å². The molecule has 0 aliphatic heterocycles.